The van der Waals surface area contributed by atoms with Crippen LogP contribution in [0.25, 0.3) is 0 Å². The van der Waals surface area contributed by atoms with E-state index in [0.29, 0.717) is 21.9 Å². The molecule has 3 nitrogen and oxygen atoms in total. The Morgan fingerprint density at radius 1 is 0.786 bits per heavy atom. The van der Waals surface area contributed by atoms with Crippen LogP contribution in [0.15, 0.2) is 78.9 Å². The maximum absolute atomic E-state index is 12.8. The third-order valence-electron chi connectivity index (χ3n) is 4.71. The molecule has 28 heavy (non-hydrogen) atoms. The van der Waals surface area contributed by atoms with Gasteiger partial charge in [0.1, 0.15) is 5.75 Å². The number of carbonyl (C=O) groups excluding carboxylic acids is 2. The van der Waals surface area contributed by atoms with Crippen molar-refractivity contribution in [3.63, 3.8) is 0 Å². The van der Waals surface area contributed by atoms with Gasteiger partial charge >= 0.3 is 0 Å². The number of halogens is 1. The van der Waals surface area contributed by atoms with Crippen LogP contribution in [0, 0.1) is 0 Å². The highest BCUT2D eigenvalue weighted by Gasteiger charge is 2.21. The van der Waals surface area contributed by atoms with E-state index in [1.807, 2.05) is 30.3 Å². The van der Waals surface area contributed by atoms with Crippen LogP contribution in [0.1, 0.15) is 45.0 Å². The molecule has 0 N–H and O–H groups in total. The van der Waals surface area contributed by atoms with Gasteiger partial charge in [-0.25, -0.2) is 0 Å². The molecule has 0 spiro atoms. The van der Waals surface area contributed by atoms with Gasteiger partial charge in [-0.3, -0.25) is 9.59 Å². The van der Waals surface area contributed by atoms with Crippen LogP contribution < -0.4 is 4.74 Å². The molecule has 142 valence electrons. The Bertz CT molecular complexity index is 932. The number of rotatable bonds is 8. The van der Waals surface area contributed by atoms with Gasteiger partial charge in [-0.1, -0.05) is 41.9 Å². The van der Waals surface area contributed by atoms with Gasteiger partial charge < -0.3 is 4.74 Å². The van der Waals surface area contributed by atoms with Crippen molar-refractivity contribution in [3.8, 4) is 5.75 Å². The first-order valence-corrected chi connectivity index (χ1v) is 9.45. The van der Waals surface area contributed by atoms with Gasteiger partial charge in [-0.2, -0.15) is 0 Å². The minimum Gasteiger partial charge on any atom is -0.497 e. The zero-order valence-electron chi connectivity index (χ0n) is 15.6. The Labute approximate surface area is 169 Å². The second kappa shape index (κ2) is 9.34. The Morgan fingerprint density at radius 3 is 1.79 bits per heavy atom. The predicted octanol–water partition coefficient (Wildman–Crippen LogP) is 5.98. The summed E-state index contributed by atoms with van der Waals surface area (Å²) in [6.45, 7) is 0. The summed E-state index contributed by atoms with van der Waals surface area (Å²) >= 11 is 5.91. The molecule has 0 saturated heterocycles. The molecule has 3 aromatic rings. The highest BCUT2D eigenvalue weighted by atomic mass is 35.5. The van der Waals surface area contributed by atoms with E-state index in [-0.39, 0.29) is 30.3 Å². The van der Waals surface area contributed by atoms with Crippen LogP contribution in [0.3, 0.4) is 0 Å². The standard InChI is InChI=1S/C24H21ClO3/c1-28-22-13-9-19(10-14-22)24(27)16-20(17-5-3-2-4-6-17)15-23(26)18-7-11-21(25)12-8-18/h2-14,20H,15-16H2,1H3. The summed E-state index contributed by atoms with van der Waals surface area (Å²) in [5.41, 5.74) is 2.19. The van der Waals surface area contributed by atoms with Gasteiger partial charge in [0.15, 0.2) is 11.6 Å². The molecule has 4 heteroatoms. The first-order chi connectivity index (χ1) is 13.6. The molecule has 3 aromatic carbocycles. The molecule has 0 heterocycles. The molecular weight excluding hydrogens is 372 g/mol. The van der Waals surface area contributed by atoms with E-state index in [9.17, 15) is 9.59 Å². The minimum atomic E-state index is -0.195. The van der Waals surface area contributed by atoms with E-state index in [2.05, 4.69) is 0 Å². The van der Waals surface area contributed by atoms with Crippen molar-refractivity contribution in [2.75, 3.05) is 7.11 Å². The third kappa shape index (κ3) is 5.08. The lowest BCUT2D eigenvalue weighted by Gasteiger charge is -2.16. The lowest BCUT2D eigenvalue weighted by atomic mass is 9.86. The number of hydrogen-bond acceptors (Lipinski definition) is 3. The van der Waals surface area contributed by atoms with Gasteiger partial charge in [0.05, 0.1) is 7.11 Å². The summed E-state index contributed by atoms with van der Waals surface area (Å²) in [5, 5.41) is 0.589. The summed E-state index contributed by atoms with van der Waals surface area (Å²) in [6, 6.07) is 23.6. The normalized spacial score (nSPS) is 11.6. The van der Waals surface area contributed by atoms with Gasteiger partial charge in [0.2, 0.25) is 0 Å². The SMILES string of the molecule is COc1ccc(C(=O)CC(CC(=O)c2ccc(Cl)cc2)c2ccccc2)cc1. The molecule has 1 atom stereocenters. The average molecular weight is 393 g/mol. The number of Topliss-reactive ketones (excluding diaryl/α,β-unsaturated/α-hetero) is 2. The molecule has 0 bridgehead atoms. The van der Waals surface area contributed by atoms with Crippen LogP contribution in [0.2, 0.25) is 5.02 Å². The fraction of sp³-hybridized carbons (Fsp3) is 0.167. The molecule has 0 aromatic heterocycles. The molecule has 0 fully saturated rings. The van der Waals surface area contributed by atoms with Crippen molar-refractivity contribution in [3.05, 3.63) is 101 Å². The van der Waals surface area contributed by atoms with Gasteiger partial charge in [-0.05, 0) is 60.0 Å². The molecule has 0 aliphatic heterocycles. The Kier molecular flexibility index (Phi) is 6.62. The molecule has 0 amide bonds. The van der Waals surface area contributed by atoms with E-state index >= 15 is 0 Å². The van der Waals surface area contributed by atoms with Crippen molar-refractivity contribution in [2.45, 2.75) is 18.8 Å². The van der Waals surface area contributed by atoms with Crippen LogP contribution >= 0.6 is 11.6 Å². The van der Waals surface area contributed by atoms with E-state index in [1.165, 1.54) is 0 Å². The number of methoxy groups -OCH3 is 1. The van der Waals surface area contributed by atoms with Crippen LogP contribution in [0.5, 0.6) is 5.75 Å². The molecule has 3 rings (SSSR count). The lowest BCUT2D eigenvalue weighted by molar-refractivity contribution is 0.0944. The van der Waals surface area contributed by atoms with Crippen LogP contribution in [0.4, 0.5) is 0 Å². The number of hydrogen-bond donors (Lipinski definition) is 0. The van der Waals surface area contributed by atoms with Crippen molar-refractivity contribution in [1.82, 2.24) is 0 Å². The summed E-state index contributed by atoms with van der Waals surface area (Å²) in [4.78, 5) is 25.6. The Hall–Kier alpha value is -2.91. The number of carbonyl (C=O) groups is 2. The molecule has 1 unspecified atom stereocenters. The van der Waals surface area contributed by atoms with Crippen LogP contribution in [-0.2, 0) is 0 Å². The van der Waals surface area contributed by atoms with Gasteiger partial charge in [-0.15, -0.1) is 0 Å². The second-order valence-electron chi connectivity index (χ2n) is 6.60. The molecule has 0 saturated carbocycles. The minimum absolute atomic E-state index is 0.000382. The van der Waals surface area contributed by atoms with E-state index in [4.69, 9.17) is 16.3 Å². The fourth-order valence-corrected chi connectivity index (χ4v) is 3.26. The highest BCUT2D eigenvalue weighted by molar-refractivity contribution is 6.30. The smallest absolute Gasteiger partial charge is 0.163 e. The topological polar surface area (TPSA) is 43.4 Å². The predicted molar refractivity (Wildman–Crippen MR) is 112 cm³/mol. The Balaban J connectivity index is 1.79. The molecule has 0 aliphatic rings. The molecular formula is C24H21ClO3. The maximum atomic E-state index is 12.8. The second-order valence-corrected chi connectivity index (χ2v) is 7.03. The van der Waals surface area contributed by atoms with Gasteiger partial charge in [0.25, 0.3) is 0 Å². The van der Waals surface area contributed by atoms with Crippen molar-refractivity contribution in [2.24, 2.45) is 0 Å². The first kappa shape index (κ1) is 19.8. The van der Waals surface area contributed by atoms with Crippen molar-refractivity contribution < 1.29 is 14.3 Å². The maximum Gasteiger partial charge on any atom is 0.163 e. The summed E-state index contributed by atoms with van der Waals surface area (Å²) in [6.07, 6.45) is 0.517. The van der Waals surface area contributed by atoms with E-state index in [0.717, 1.165) is 5.56 Å². The van der Waals surface area contributed by atoms with Crippen molar-refractivity contribution in [1.29, 1.82) is 0 Å². The van der Waals surface area contributed by atoms with Crippen LogP contribution in [-0.4, -0.2) is 18.7 Å². The monoisotopic (exact) mass is 392 g/mol. The molecule has 0 aliphatic carbocycles. The molecule has 0 radical (unpaired) electrons. The lowest BCUT2D eigenvalue weighted by Crippen LogP contribution is -2.12. The third-order valence-corrected chi connectivity index (χ3v) is 4.96. The van der Waals surface area contributed by atoms with Crippen molar-refractivity contribution >= 4 is 23.2 Å². The number of ether oxygens (including phenoxy) is 1. The zero-order chi connectivity index (χ0) is 19.9. The first-order valence-electron chi connectivity index (χ1n) is 9.08. The summed E-state index contributed by atoms with van der Waals surface area (Å²) in [7, 11) is 1.59. The zero-order valence-corrected chi connectivity index (χ0v) is 16.4. The number of ketones is 2. The van der Waals surface area contributed by atoms with Gasteiger partial charge in [0, 0.05) is 29.0 Å². The number of benzene rings is 3. The summed E-state index contributed by atoms with van der Waals surface area (Å²) < 4.78 is 5.14. The highest BCUT2D eigenvalue weighted by Crippen LogP contribution is 2.28. The average Bonchev–Trinajstić information content (AvgIpc) is 2.74. The van der Waals surface area contributed by atoms with E-state index < -0.39 is 0 Å². The van der Waals surface area contributed by atoms with E-state index in [1.54, 1.807) is 55.6 Å². The largest absolute Gasteiger partial charge is 0.497 e. The Morgan fingerprint density at radius 2 is 1.29 bits per heavy atom. The fourth-order valence-electron chi connectivity index (χ4n) is 3.13. The quantitative estimate of drug-likeness (QED) is 0.443. The summed E-state index contributed by atoms with van der Waals surface area (Å²) in [5.74, 6) is 0.501.